The molecular weight excluding hydrogens is 270 g/mol. The van der Waals surface area contributed by atoms with Crippen LogP contribution in [0.4, 0.5) is 0 Å². The zero-order valence-electron chi connectivity index (χ0n) is 9.30. The second-order valence-electron chi connectivity index (χ2n) is 3.34. The van der Waals surface area contributed by atoms with Gasteiger partial charge < -0.3 is 0 Å². The van der Waals surface area contributed by atoms with Crippen molar-refractivity contribution in [1.82, 2.24) is 0 Å². The van der Waals surface area contributed by atoms with Crippen LogP contribution in [0.2, 0.25) is 0 Å². The lowest BCUT2D eigenvalue weighted by atomic mass is 10.3. The maximum atomic E-state index is 11.7. The summed E-state index contributed by atoms with van der Waals surface area (Å²) in [5.74, 6) is 0.782. The first-order valence-corrected chi connectivity index (χ1v) is 7.63. The first-order chi connectivity index (χ1) is 8.19. The second-order valence-corrected chi connectivity index (χ2v) is 6.89. The van der Waals surface area contributed by atoms with Crippen LogP contribution in [0.25, 0.3) is 6.08 Å². The molecule has 0 aromatic carbocycles. The van der Waals surface area contributed by atoms with Crippen LogP contribution in [0, 0.1) is 6.92 Å². The van der Waals surface area contributed by atoms with Gasteiger partial charge in [0, 0.05) is 15.5 Å². The summed E-state index contributed by atoms with van der Waals surface area (Å²) >= 11 is 4.41. The number of nitrogens with zero attached hydrogens (tertiary/aromatic N) is 1. The largest absolute Gasteiger partial charge is 0.279 e. The number of hydrogen-bond donors (Lipinski definition) is 0. The van der Waals surface area contributed by atoms with Gasteiger partial charge in [-0.2, -0.15) is 0 Å². The van der Waals surface area contributed by atoms with Gasteiger partial charge in [0.05, 0.1) is 0 Å². The van der Waals surface area contributed by atoms with Crippen molar-refractivity contribution in [2.45, 2.75) is 6.92 Å². The Balaban J connectivity index is 2.15. The fraction of sp³-hybridized carbons (Fsp3) is 0.167. The van der Waals surface area contributed by atoms with Crippen molar-refractivity contribution in [3.63, 3.8) is 0 Å². The quantitative estimate of drug-likeness (QED) is 0.620. The minimum absolute atomic E-state index is 0.0302. The highest BCUT2D eigenvalue weighted by Crippen LogP contribution is 2.31. The van der Waals surface area contributed by atoms with Gasteiger partial charge in [-0.3, -0.25) is 4.79 Å². The van der Waals surface area contributed by atoms with E-state index in [0.717, 1.165) is 15.0 Å². The predicted octanol–water partition coefficient (Wildman–Crippen LogP) is 3.95. The first-order valence-electron chi connectivity index (χ1n) is 5.02. The molecule has 1 aliphatic rings. The fourth-order valence-corrected chi connectivity index (χ4v) is 3.66. The third-order valence-corrected chi connectivity index (χ3v) is 4.92. The molecule has 0 amide bonds. The lowest BCUT2D eigenvalue weighted by molar-refractivity contribution is -0.107. The van der Waals surface area contributed by atoms with E-state index in [-0.39, 0.29) is 5.12 Å². The normalized spacial score (nSPS) is 17.6. The summed E-state index contributed by atoms with van der Waals surface area (Å²) in [4.78, 5) is 18.3. The molecule has 0 unspecified atom stereocenters. The highest BCUT2D eigenvalue weighted by Gasteiger charge is 2.22. The summed E-state index contributed by atoms with van der Waals surface area (Å²) in [6.45, 7) is 5.70. The lowest BCUT2D eigenvalue weighted by Crippen LogP contribution is -1.87. The number of thioether (sulfide) groups is 2. The molecule has 5 heteroatoms. The molecule has 2 heterocycles. The summed E-state index contributed by atoms with van der Waals surface area (Å²) < 4.78 is 0.814. The summed E-state index contributed by atoms with van der Waals surface area (Å²) in [5.41, 5.74) is 0.545. The Bertz CT molecular complexity index is 514. The summed E-state index contributed by atoms with van der Waals surface area (Å²) in [6, 6.07) is 4.05. The molecule has 0 saturated heterocycles. The van der Waals surface area contributed by atoms with Crippen LogP contribution in [0.3, 0.4) is 0 Å². The third kappa shape index (κ3) is 3.34. The van der Waals surface area contributed by atoms with Crippen LogP contribution < -0.4 is 0 Å². The zero-order valence-corrected chi connectivity index (χ0v) is 11.8. The van der Waals surface area contributed by atoms with E-state index in [4.69, 9.17) is 0 Å². The SMILES string of the molecule is C=CCSC1=N/C(=C\c2ccc(C)s2)C(=O)S1. The van der Waals surface area contributed by atoms with E-state index >= 15 is 0 Å². The average molecular weight is 281 g/mol. The molecule has 1 aliphatic heterocycles. The highest BCUT2D eigenvalue weighted by atomic mass is 32.2. The van der Waals surface area contributed by atoms with E-state index in [2.05, 4.69) is 11.6 Å². The molecule has 17 heavy (non-hydrogen) atoms. The van der Waals surface area contributed by atoms with Crippen LogP contribution >= 0.6 is 34.9 Å². The van der Waals surface area contributed by atoms with E-state index in [9.17, 15) is 4.79 Å². The minimum atomic E-state index is 0.0302. The van der Waals surface area contributed by atoms with Crippen molar-refractivity contribution < 1.29 is 4.79 Å². The van der Waals surface area contributed by atoms with Gasteiger partial charge in [-0.1, -0.05) is 17.8 Å². The molecule has 0 fully saturated rings. The zero-order chi connectivity index (χ0) is 12.3. The number of hydrogen-bond acceptors (Lipinski definition) is 5. The van der Waals surface area contributed by atoms with Crippen LogP contribution in [-0.4, -0.2) is 15.2 Å². The van der Waals surface area contributed by atoms with Crippen LogP contribution in [0.5, 0.6) is 0 Å². The number of aliphatic imine (C=N–C) groups is 1. The van der Waals surface area contributed by atoms with Crippen LogP contribution in [0.15, 0.2) is 35.5 Å². The Morgan fingerprint density at radius 2 is 2.35 bits per heavy atom. The van der Waals surface area contributed by atoms with Gasteiger partial charge in [0.2, 0.25) is 5.12 Å². The Kier molecular flexibility index (Phi) is 4.25. The van der Waals surface area contributed by atoms with Gasteiger partial charge in [-0.05, 0) is 36.9 Å². The Labute approximate surface area is 113 Å². The first kappa shape index (κ1) is 12.7. The molecule has 1 aromatic rings. The van der Waals surface area contributed by atoms with Gasteiger partial charge in [-0.25, -0.2) is 4.99 Å². The molecular formula is C12H11NOS3. The smallest absolute Gasteiger partial charge is 0.244 e. The van der Waals surface area contributed by atoms with Crippen molar-refractivity contribution in [3.8, 4) is 0 Å². The van der Waals surface area contributed by atoms with Crippen molar-refractivity contribution in [1.29, 1.82) is 0 Å². The molecule has 0 bridgehead atoms. The molecule has 0 radical (unpaired) electrons. The molecule has 1 aromatic heterocycles. The highest BCUT2D eigenvalue weighted by molar-refractivity contribution is 8.45. The standard InChI is InChI=1S/C12H11NOS3/c1-3-6-15-12-13-10(11(14)17-12)7-9-5-4-8(2)16-9/h3-5,7H,1,6H2,2H3/b10-7-. The topological polar surface area (TPSA) is 29.4 Å². The van der Waals surface area contributed by atoms with E-state index in [1.807, 2.05) is 31.2 Å². The van der Waals surface area contributed by atoms with E-state index in [0.29, 0.717) is 5.70 Å². The van der Waals surface area contributed by atoms with Crippen LogP contribution in [-0.2, 0) is 4.79 Å². The minimum Gasteiger partial charge on any atom is -0.279 e. The van der Waals surface area contributed by atoms with Gasteiger partial charge in [0.15, 0.2) is 0 Å². The second kappa shape index (κ2) is 5.71. The van der Waals surface area contributed by atoms with Crippen molar-refractivity contribution in [2.24, 2.45) is 4.99 Å². The average Bonchev–Trinajstić information content (AvgIpc) is 2.84. The van der Waals surface area contributed by atoms with E-state index < -0.39 is 0 Å². The summed E-state index contributed by atoms with van der Waals surface area (Å²) in [6.07, 6.45) is 3.66. The molecule has 0 spiro atoms. The van der Waals surface area contributed by atoms with E-state index in [1.54, 1.807) is 23.1 Å². The molecule has 0 atom stereocenters. The fourth-order valence-electron chi connectivity index (χ4n) is 1.25. The summed E-state index contributed by atoms with van der Waals surface area (Å²) in [5, 5.41) is 0.0302. The third-order valence-electron chi connectivity index (χ3n) is 1.97. The Hall–Kier alpha value is -0.780. The van der Waals surface area contributed by atoms with E-state index in [1.165, 1.54) is 16.6 Å². The maximum absolute atomic E-state index is 11.7. The summed E-state index contributed by atoms with van der Waals surface area (Å²) in [7, 11) is 0. The number of thiophene rings is 1. The van der Waals surface area contributed by atoms with Crippen LogP contribution in [0.1, 0.15) is 9.75 Å². The molecule has 2 nitrogen and oxygen atoms in total. The number of rotatable bonds is 3. The predicted molar refractivity (Wildman–Crippen MR) is 79.7 cm³/mol. The molecule has 0 saturated carbocycles. The maximum Gasteiger partial charge on any atom is 0.244 e. The molecule has 88 valence electrons. The Morgan fingerprint density at radius 1 is 1.53 bits per heavy atom. The molecule has 0 aliphatic carbocycles. The van der Waals surface area contributed by atoms with Crippen molar-refractivity contribution >= 4 is 50.4 Å². The van der Waals surface area contributed by atoms with Gasteiger partial charge in [-0.15, -0.1) is 17.9 Å². The number of carbonyl (C=O) groups is 1. The van der Waals surface area contributed by atoms with Gasteiger partial charge >= 0.3 is 0 Å². The van der Waals surface area contributed by atoms with Gasteiger partial charge in [0.25, 0.3) is 0 Å². The van der Waals surface area contributed by atoms with Gasteiger partial charge in [0.1, 0.15) is 10.1 Å². The number of carbonyl (C=O) groups excluding carboxylic acids is 1. The Morgan fingerprint density at radius 3 is 3.00 bits per heavy atom. The van der Waals surface area contributed by atoms with Crippen molar-refractivity contribution in [3.05, 3.63) is 40.2 Å². The van der Waals surface area contributed by atoms with Crippen molar-refractivity contribution in [2.75, 3.05) is 5.75 Å². The monoisotopic (exact) mass is 281 g/mol. The number of aryl methyl sites for hydroxylation is 1. The molecule has 0 N–H and O–H groups in total. The molecule has 2 rings (SSSR count). The lowest BCUT2D eigenvalue weighted by Gasteiger charge is -1.90.